The lowest BCUT2D eigenvalue weighted by atomic mass is 10.0. The number of carbonyl (C=O) groups is 1. The van der Waals surface area contributed by atoms with Gasteiger partial charge in [0.2, 0.25) is 5.76 Å². The Bertz CT molecular complexity index is 1380. The van der Waals surface area contributed by atoms with Gasteiger partial charge in [0.05, 0.1) is 17.6 Å². The van der Waals surface area contributed by atoms with Crippen molar-refractivity contribution in [3.8, 4) is 5.75 Å². The average molecular weight is 469 g/mol. The van der Waals surface area contributed by atoms with Crippen molar-refractivity contribution in [1.29, 1.82) is 0 Å². The lowest BCUT2D eigenvalue weighted by Gasteiger charge is -2.07. The summed E-state index contributed by atoms with van der Waals surface area (Å²) in [4.78, 5) is 24.4. The van der Waals surface area contributed by atoms with Crippen molar-refractivity contribution in [1.82, 2.24) is 0 Å². The molecule has 0 atom stereocenters. The van der Waals surface area contributed by atoms with Crippen LogP contribution in [0.25, 0.3) is 23.1 Å². The van der Waals surface area contributed by atoms with Gasteiger partial charge < -0.3 is 14.3 Å². The van der Waals surface area contributed by atoms with E-state index in [4.69, 9.17) is 9.15 Å². The highest BCUT2D eigenvalue weighted by Gasteiger charge is 2.19. The van der Waals surface area contributed by atoms with Crippen molar-refractivity contribution < 1.29 is 19.1 Å². The van der Waals surface area contributed by atoms with Gasteiger partial charge in [-0.25, -0.2) is 4.79 Å². The maximum atomic E-state index is 12.8. The summed E-state index contributed by atoms with van der Waals surface area (Å²) in [6.45, 7) is 2.41. The molecular weight excluding hydrogens is 440 g/mol. The van der Waals surface area contributed by atoms with Crippen LogP contribution in [-0.4, -0.2) is 17.7 Å². The highest BCUT2D eigenvalue weighted by atomic mass is 16.5. The largest absolute Gasteiger partial charge is 0.494 e. The molecule has 0 amide bonds. The fourth-order valence-corrected chi connectivity index (χ4v) is 4.03. The van der Waals surface area contributed by atoms with Crippen molar-refractivity contribution in [3.63, 3.8) is 0 Å². The second kappa shape index (κ2) is 11.3. The fraction of sp³-hybridized carbons (Fsp3) is 0.200. The molecule has 178 valence electrons. The number of para-hydroxylation sites is 1. The molecule has 1 aromatic heterocycles. The molecule has 4 rings (SSSR count). The molecule has 0 unspecified atom stereocenters. The number of unbranched alkanes of at least 4 members (excludes halogenated alkanes) is 1. The van der Waals surface area contributed by atoms with Gasteiger partial charge in [0.15, 0.2) is 5.43 Å². The number of ether oxygens (including phenoxy) is 1. The zero-order chi connectivity index (χ0) is 24.6. The van der Waals surface area contributed by atoms with Crippen LogP contribution < -0.4 is 10.2 Å². The molecule has 1 N–H and O–H groups in total. The first-order valence-electron chi connectivity index (χ1n) is 11.8. The van der Waals surface area contributed by atoms with E-state index in [1.54, 1.807) is 25.1 Å². The predicted octanol–water partition coefficient (Wildman–Crippen LogP) is 6.63. The first-order valence-corrected chi connectivity index (χ1v) is 11.8. The molecule has 0 spiro atoms. The molecule has 0 radical (unpaired) electrons. The molecular formula is C30H28O5. The summed E-state index contributed by atoms with van der Waals surface area (Å²) >= 11 is 0. The average Bonchev–Trinajstić information content (AvgIpc) is 2.88. The van der Waals surface area contributed by atoms with Crippen LogP contribution in [0, 0.1) is 0 Å². The van der Waals surface area contributed by atoms with Crippen molar-refractivity contribution in [3.05, 3.63) is 111 Å². The van der Waals surface area contributed by atoms with Crippen LogP contribution in [0.2, 0.25) is 0 Å². The maximum absolute atomic E-state index is 12.8. The molecule has 0 aliphatic carbocycles. The van der Waals surface area contributed by atoms with E-state index in [1.807, 2.05) is 42.5 Å². The number of hydrogen-bond donors (Lipinski definition) is 1. The summed E-state index contributed by atoms with van der Waals surface area (Å²) < 4.78 is 11.5. The van der Waals surface area contributed by atoms with Crippen LogP contribution in [0.1, 0.15) is 52.6 Å². The van der Waals surface area contributed by atoms with Crippen LogP contribution in [0.15, 0.2) is 82.0 Å². The van der Waals surface area contributed by atoms with E-state index in [0.29, 0.717) is 24.0 Å². The molecule has 0 aliphatic heterocycles. The number of carboxylic acids is 1. The van der Waals surface area contributed by atoms with Gasteiger partial charge in [-0.2, -0.15) is 0 Å². The molecule has 0 saturated heterocycles. The van der Waals surface area contributed by atoms with Crippen LogP contribution in [0.3, 0.4) is 0 Å². The Balaban J connectivity index is 1.41. The Morgan fingerprint density at radius 3 is 2.43 bits per heavy atom. The van der Waals surface area contributed by atoms with Crippen LogP contribution in [-0.2, 0) is 12.8 Å². The summed E-state index contributed by atoms with van der Waals surface area (Å²) in [5.74, 6) is -0.720. The van der Waals surface area contributed by atoms with Gasteiger partial charge in [-0.05, 0) is 55.0 Å². The lowest BCUT2D eigenvalue weighted by Crippen LogP contribution is -2.15. The van der Waals surface area contributed by atoms with E-state index < -0.39 is 5.97 Å². The molecule has 0 aliphatic rings. The fourth-order valence-electron chi connectivity index (χ4n) is 4.03. The first kappa shape index (κ1) is 24.0. The van der Waals surface area contributed by atoms with E-state index in [0.717, 1.165) is 30.6 Å². The predicted molar refractivity (Wildman–Crippen MR) is 139 cm³/mol. The summed E-state index contributed by atoms with van der Waals surface area (Å²) in [6, 6.07) is 23.4. The van der Waals surface area contributed by atoms with Gasteiger partial charge in [-0.3, -0.25) is 4.79 Å². The standard InChI is InChI=1S/C30H28O5/c1-2-25-27(31)26-13-8-12-23(28(26)35-29(25)30(32)33)17-14-22-15-18-24(19-16-22)34-20-7-6-11-21-9-4-3-5-10-21/h3-5,8-10,12-19H,2,6-7,11,20H2,1H3,(H,32,33). The number of fused-ring (bicyclic) bond motifs is 1. The van der Waals surface area contributed by atoms with E-state index in [2.05, 4.69) is 24.3 Å². The molecule has 35 heavy (non-hydrogen) atoms. The zero-order valence-electron chi connectivity index (χ0n) is 19.7. The summed E-state index contributed by atoms with van der Waals surface area (Å²) in [7, 11) is 0. The molecule has 1 heterocycles. The third-order valence-electron chi connectivity index (χ3n) is 5.90. The van der Waals surface area contributed by atoms with E-state index in [-0.39, 0.29) is 22.3 Å². The number of rotatable bonds is 10. The third-order valence-corrected chi connectivity index (χ3v) is 5.90. The highest BCUT2D eigenvalue weighted by Crippen LogP contribution is 2.23. The Morgan fingerprint density at radius 1 is 0.943 bits per heavy atom. The van der Waals surface area contributed by atoms with Crippen LogP contribution in [0.4, 0.5) is 0 Å². The molecule has 3 aromatic carbocycles. The minimum absolute atomic E-state index is 0.182. The van der Waals surface area contributed by atoms with E-state index in [1.165, 1.54) is 5.56 Å². The number of carboxylic acid groups (broad SMARTS) is 1. The molecule has 4 aromatic rings. The second-order valence-electron chi connectivity index (χ2n) is 8.32. The summed E-state index contributed by atoms with van der Waals surface area (Å²) in [5, 5.41) is 9.87. The molecule has 5 nitrogen and oxygen atoms in total. The van der Waals surface area contributed by atoms with Crippen molar-refractivity contribution >= 4 is 29.1 Å². The van der Waals surface area contributed by atoms with Crippen LogP contribution in [0.5, 0.6) is 5.75 Å². The van der Waals surface area contributed by atoms with E-state index >= 15 is 0 Å². The monoisotopic (exact) mass is 468 g/mol. The van der Waals surface area contributed by atoms with Gasteiger partial charge >= 0.3 is 5.97 Å². The highest BCUT2D eigenvalue weighted by molar-refractivity contribution is 5.93. The maximum Gasteiger partial charge on any atom is 0.372 e. The molecule has 0 bridgehead atoms. The minimum atomic E-state index is -1.24. The van der Waals surface area contributed by atoms with E-state index in [9.17, 15) is 14.7 Å². The van der Waals surface area contributed by atoms with Gasteiger partial charge in [-0.15, -0.1) is 0 Å². The Labute approximate surface area is 204 Å². The number of hydrogen-bond acceptors (Lipinski definition) is 4. The lowest BCUT2D eigenvalue weighted by molar-refractivity contribution is 0.0661. The molecule has 5 heteroatoms. The molecule has 0 fully saturated rings. The van der Waals surface area contributed by atoms with Crippen molar-refractivity contribution in [2.24, 2.45) is 0 Å². The quantitative estimate of drug-likeness (QED) is 0.209. The Morgan fingerprint density at radius 2 is 1.71 bits per heavy atom. The van der Waals surface area contributed by atoms with Gasteiger partial charge in [-0.1, -0.05) is 73.7 Å². The van der Waals surface area contributed by atoms with Crippen LogP contribution >= 0.6 is 0 Å². The smallest absolute Gasteiger partial charge is 0.372 e. The van der Waals surface area contributed by atoms with Gasteiger partial charge in [0.1, 0.15) is 11.3 Å². The van der Waals surface area contributed by atoms with Gasteiger partial charge in [0.25, 0.3) is 0 Å². The minimum Gasteiger partial charge on any atom is -0.494 e. The number of aromatic carboxylic acids is 1. The topological polar surface area (TPSA) is 76.7 Å². The molecule has 0 saturated carbocycles. The van der Waals surface area contributed by atoms with Gasteiger partial charge in [0, 0.05) is 5.56 Å². The SMILES string of the molecule is CCc1c(C(=O)O)oc2c(C=Cc3ccc(OCCCCc4ccccc4)cc3)cccc2c1=O. The summed E-state index contributed by atoms with van der Waals surface area (Å²) in [5.41, 5.74) is 3.10. The Hall–Kier alpha value is -4.12. The number of benzene rings is 3. The summed E-state index contributed by atoms with van der Waals surface area (Å²) in [6.07, 6.45) is 7.13. The Kier molecular flexibility index (Phi) is 7.78. The first-order chi connectivity index (χ1) is 17.1. The number of aryl methyl sites for hydroxylation is 1. The normalized spacial score (nSPS) is 11.2. The second-order valence-corrected chi connectivity index (χ2v) is 8.32. The van der Waals surface area contributed by atoms with Crippen molar-refractivity contribution in [2.45, 2.75) is 32.6 Å². The third kappa shape index (κ3) is 5.87. The van der Waals surface area contributed by atoms with Crippen molar-refractivity contribution in [2.75, 3.05) is 6.61 Å². The zero-order valence-corrected chi connectivity index (χ0v) is 19.7.